The van der Waals surface area contributed by atoms with Crippen molar-refractivity contribution < 1.29 is 29.0 Å². The van der Waals surface area contributed by atoms with Crippen LogP contribution in [0.3, 0.4) is 0 Å². The highest BCUT2D eigenvalue weighted by Crippen LogP contribution is 2.21. The highest BCUT2D eigenvalue weighted by Gasteiger charge is 2.18. The van der Waals surface area contributed by atoms with E-state index >= 15 is 0 Å². The first-order chi connectivity index (χ1) is 11.2. The molecule has 1 amide bonds. The monoisotopic (exact) mass is 337 g/mol. The number of carboxylic acids is 1. The van der Waals surface area contributed by atoms with Gasteiger partial charge in [-0.3, -0.25) is 14.9 Å². The normalized spacial score (nSPS) is 13.0. The Kier molecular flexibility index (Phi) is 7.23. The van der Waals surface area contributed by atoms with E-state index in [0.29, 0.717) is 17.7 Å². The first-order valence-corrected chi connectivity index (χ1v) is 7.75. The van der Waals surface area contributed by atoms with Crippen molar-refractivity contribution in [3.8, 4) is 0 Å². The summed E-state index contributed by atoms with van der Waals surface area (Å²) in [5, 5.41) is 11.6. The SMILES string of the molecule is CC[C@@H](C(=O)O)c1ccc(NC(=O)O[C@@H](C)OC(=O)C(C)C)cc1. The number of esters is 1. The zero-order valence-corrected chi connectivity index (χ0v) is 14.2. The van der Waals surface area contributed by atoms with Gasteiger partial charge < -0.3 is 14.6 Å². The topological polar surface area (TPSA) is 102 Å². The Morgan fingerprint density at radius 1 is 1.08 bits per heavy atom. The van der Waals surface area contributed by atoms with Crippen LogP contribution in [0, 0.1) is 5.92 Å². The van der Waals surface area contributed by atoms with E-state index in [2.05, 4.69) is 5.32 Å². The van der Waals surface area contributed by atoms with Gasteiger partial charge >= 0.3 is 18.0 Å². The minimum Gasteiger partial charge on any atom is -0.481 e. The highest BCUT2D eigenvalue weighted by atomic mass is 16.7. The van der Waals surface area contributed by atoms with Crippen molar-refractivity contribution in [2.75, 3.05) is 5.32 Å². The molecule has 2 atom stereocenters. The highest BCUT2D eigenvalue weighted by molar-refractivity contribution is 5.85. The first kappa shape index (κ1) is 19.5. The Balaban J connectivity index is 2.58. The summed E-state index contributed by atoms with van der Waals surface area (Å²) >= 11 is 0. The molecule has 0 radical (unpaired) electrons. The van der Waals surface area contributed by atoms with E-state index < -0.39 is 30.2 Å². The van der Waals surface area contributed by atoms with Gasteiger partial charge in [-0.1, -0.05) is 32.9 Å². The number of anilines is 1. The predicted octanol–water partition coefficient (Wildman–Crippen LogP) is 3.36. The Hall–Kier alpha value is -2.57. The molecule has 0 aliphatic rings. The summed E-state index contributed by atoms with van der Waals surface area (Å²) in [4.78, 5) is 34.3. The summed E-state index contributed by atoms with van der Waals surface area (Å²) in [6, 6.07) is 6.46. The molecule has 0 heterocycles. The average molecular weight is 337 g/mol. The van der Waals surface area contributed by atoms with Gasteiger partial charge in [0, 0.05) is 12.6 Å². The minimum atomic E-state index is -1.00. The zero-order valence-electron chi connectivity index (χ0n) is 14.2. The van der Waals surface area contributed by atoms with Crippen molar-refractivity contribution in [2.24, 2.45) is 5.92 Å². The number of carbonyl (C=O) groups excluding carboxylic acids is 2. The van der Waals surface area contributed by atoms with Crippen molar-refractivity contribution in [1.82, 2.24) is 0 Å². The second-order valence-corrected chi connectivity index (χ2v) is 5.61. The third kappa shape index (κ3) is 5.91. The van der Waals surface area contributed by atoms with E-state index in [1.807, 2.05) is 0 Å². The lowest BCUT2D eigenvalue weighted by atomic mass is 9.96. The number of hydrogen-bond donors (Lipinski definition) is 2. The van der Waals surface area contributed by atoms with Gasteiger partial charge in [-0.05, 0) is 24.1 Å². The molecule has 1 aromatic carbocycles. The first-order valence-electron chi connectivity index (χ1n) is 7.75. The molecule has 1 aromatic rings. The van der Waals surface area contributed by atoms with Gasteiger partial charge in [-0.25, -0.2) is 4.79 Å². The van der Waals surface area contributed by atoms with Crippen LogP contribution >= 0.6 is 0 Å². The predicted molar refractivity (Wildman–Crippen MR) is 87.6 cm³/mol. The molecule has 0 aliphatic heterocycles. The summed E-state index contributed by atoms with van der Waals surface area (Å²) in [5.41, 5.74) is 1.11. The number of amides is 1. The molecule has 0 unspecified atom stereocenters. The zero-order chi connectivity index (χ0) is 18.3. The van der Waals surface area contributed by atoms with Gasteiger partial charge in [-0.2, -0.15) is 0 Å². The number of carbonyl (C=O) groups is 3. The molecule has 0 aliphatic carbocycles. The molecule has 0 saturated carbocycles. The van der Waals surface area contributed by atoms with Crippen LogP contribution in [0.4, 0.5) is 10.5 Å². The summed E-state index contributed by atoms with van der Waals surface area (Å²) in [6.45, 7) is 6.60. The summed E-state index contributed by atoms with van der Waals surface area (Å²) in [5.74, 6) is -2.24. The Labute approximate surface area is 141 Å². The molecular weight excluding hydrogens is 314 g/mol. The molecule has 24 heavy (non-hydrogen) atoms. The number of carboxylic acid groups (broad SMARTS) is 1. The number of aliphatic carboxylic acids is 1. The van der Waals surface area contributed by atoms with Gasteiger partial charge in [0.15, 0.2) is 0 Å². The second-order valence-electron chi connectivity index (χ2n) is 5.61. The Morgan fingerprint density at radius 3 is 2.12 bits per heavy atom. The number of hydrogen-bond acceptors (Lipinski definition) is 5. The van der Waals surface area contributed by atoms with E-state index in [4.69, 9.17) is 14.6 Å². The smallest absolute Gasteiger partial charge is 0.414 e. The van der Waals surface area contributed by atoms with Gasteiger partial charge in [0.25, 0.3) is 0 Å². The van der Waals surface area contributed by atoms with Crippen molar-refractivity contribution >= 4 is 23.7 Å². The second kappa shape index (κ2) is 8.90. The molecule has 0 aromatic heterocycles. The van der Waals surface area contributed by atoms with Crippen molar-refractivity contribution in [3.63, 3.8) is 0 Å². The standard InChI is InChI=1S/C17H23NO6/c1-5-14(15(19)20)12-6-8-13(9-7-12)18-17(22)24-11(4)23-16(21)10(2)3/h6-11,14H,5H2,1-4H3,(H,18,22)(H,19,20)/t11-,14+/m0/s1. The van der Waals surface area contributed by atoms with Gasteiger partial charge in [0.05, 0.1) is 11.8 Å². The molecular formula is C17H23NO6. The molecule has 0 saturated heterocycles. The maximum absolute atomic E-state index is 11.7. The molecule has 0 bridgehead atoms. The average Bonchev–Trinajstić information content (AvgIpc) is 2.48. The van der Waals surface area contributed by atoms with Crippen LogP contribution in [-0.2, 0) is 19.1 Å². The van der Waals surface area contributed by atoms with Crippen LogP contribution in [0.25, 0.3) is 0 Å². The Bertz CT molecular complexity index is 581. The van der Waals surface area contributed by atoms with Crippen LogP contribution in [-0.4, -0.2) is 29.4 Å². The van der Waals surface area contributed by atoms with Crippen LogP contribution in [0.2, 0.25) is 0 Å². The fourth-order valence-corrected chi connectivity index (χ4v) is 1.97. The van der Waals surface area contributed by atoms with Gasteiger partial charge in [0.1, 0.15) is 0 Å². The van der Waals surface area contributed by atoms with Gasteiger partial charge in [-0.15, -0.1) is 0 Å². The van der Waals surface area contributed by atoms with Crippen LogP contribution in [0.5, 0.6) is 0 Å². The molecule has 132 valence electrons. The summed E-state index contributed by atoms with van der Waals surface area (Å²) < 4.78 is 9.85. The molecule has 7 heteroatoms. The maximum Gasteiger partial charge on any atom is 0.414 e. The van der Waals surface area contributed by atoms with Gasteiger partial charge in [0.2, 0.25) is 6.29 Å². The fourth-order valence-electron chi connectivity index (χ4n) is 1.97. The molecule has 0 spiro atoms. The lowest BCUT2D eigenvalue weighted by molar-refractivity contribution is -0.168. The lowest BCUT2D eigenvalue weighted by Gasteiger charge is -2.16. The van der Waals surface area contributed by atoms with Crippen molar-refractivity contribution in [1.29, 1.82) is 0 Å². The minimum absolute atomic E-state index is 0.313. The van der Waals surface area contributed by atoms with E-state index in [1.54, 1.807) is 45.0 Å². The van der Waals surface area contributed by atoms with Crippen LogP contribution in [0.15, 0.2) is 24.3 Å². The lowest BCUT2D eigenvalue weighted by Crippen LogP contribution is -2.26. The van der Waals surface area contributed by atoms with E-state index in [1.165, 1.54) is 6.92 Å². The van der Waals surface area contributed by atoms with E-state index in [0.717, 1.165) is 0 Å². The molecule has 2 N–H and O–H groups in total. The van der Waals surface area contributed by atoms with E-state index in [9.17, 15) is 14.4 Å². The van der Waals surface area contributed by atoms with Crippen molar-refractivity contribution in [3.05, 3.63) is 29.8 Å². The summed E-state index contributed by atoms with van der Waals surface area (Å²) in [7, 11) is 0. The number of rotatable bonds is 7. The van der Waals surface area contributed by atoms with Crippen LogP contribution < -0.4 is 5.32 Å². The number of benzene rings is 1. The fraction of sp³-hybridized carbons (Fsp3) is 0.471. The quantitative estimate of drug-likeness (QED) is 0.584. The Morgan fingerprint density at radius 2 is 1.67 bits per heavy atom. The largest absolute Gasteiger partial charge is 0.481 e. The third-order valence-electron chi connectivity index (χ3n) is 3.29. The molecule has 7 nitrogen and oxygen atoms in total. The molecule has 0 fully saturated rings. The number of nitrogens with one attached hydrogen (secondary N) is 1. The number of ether oxygens (including phenoxy) is 2. The summed E-state index contributed by atoms with van der Waals surface area (Å²) in [6.07, 6.45) is -1.30. The third-order valence-corrected chi connectivity index (χ3v) is 3.29. The van der Waals surface area contributed by atoms with Crippen molar-refractivity contribution in [2.45, 2.75) is 46.3 Å². The maximum atomic E-state index is 11.7. The molecule has 1 rings (SSSR count). The van der Waals surface area contributed by atoms with Crippen LogP contribution in [0.1, 0.15) is 45.6 Å². The van der Waals surface area contributed by atoms with E-state index in [-0.39, 0.29) is 5.92 Å².